The molecule has 1 aliphatic carbocycles. The molecule has 1 amide bonds. The smallest absolute Gasteiger partial charge is 0.253 e. The molecule has 1 N–H and O–H groups in total. The van der Waals surface area contributed by atoms with E-state index in [4.69, 9.17) is 4.74 Å². The first-order valence-electron chi connectivity index (χ1n) is 10.2. The summed E-state index contributed by atoms with van der Waals surface area (Å²) >= 11 is 0. The minimum Gasteiger partial charge on any atom is -0.378 e. The normalized spacial score (nSPS) is 17.0. The van der Waals surface area contributed by atoms with Crippen LogP contribution in [0, 0.1) is 0 Å². The number of nitrogens with one attached hydrogen (secondary N) is 1. The van der Waals surface area contributed by atoms with Crippen molar-refractivity contribution in [3.8, 4) is 0 Å². The van der Waals surface area contributed by atoms with Gasteiger partial charge in [-0.2, -0.15) is 0 Å². The first-order chi connectivity index (χ1) is 14.4. The predicted molar refractivity (Wildman–Crippen MR) is 115 cm³/mol. The van der Waals surface area contributed by atoms with E-state index < -0.39 is 10.0 Å². The van der Waals surface area contributed by atoms with Crippen molar-refractivity contribution in [3.05, 3.63) is 59.7 Å². The molecule has 0 radical (unpaired) electrons. The van der Waals surface area contributed by atoms with Crippen LogP contribution in [0.5, 0.6) is 0 Å². The van der Waals surface area contributed by atoms with Gasteiger partial charge in [0.2, 0.25) is 10.0 Å². The lowest BCUT2D eigenvalue weighted by Gasteiger charge is -2.29. The molecule has 1 aliphatic heterocycles. The Balaban J connectivity index is 1.37. The van der Waals surface area contributed by atoms with E-state index in [2.05, 4.69) is 21.8 Å². The second-order valence-electron chi connectivity index (χ2n) is 7.85. The molecule has 8 heteroatoms. The number of morpholine rings is 1. The molecule has 2 aromatic carbocycles. The maximum absolute atomic E-state index is 12.8. The number of hydrogen-bond donors (Lipinski definition) is 1. The average molecular weight is 430 g/mol. The van der Waals surface area contributed by atoms with Crippen LogP contribution in [0.1, 0.15) is 28.8 Å². The number of ether oxygens (including phenoxy) is 1. The number of nitrogens with zero attached hydrogens (tertiary/aromatic N) is 2. The molecule has 1 saturated carbocycles. The molecule has 0 aromatic heterocycles. The monoisotopic (exact) mass is 429 g/mol. The summed E-state index contributed by atoms with van der Waals surface area (Å²) in [5.41, 5.74) is 2.66. The summed E-state index contributed by atoms with van der Waals surface area (Å²) in [5.74, 6) is -0.147. The standard InChI is InChI=1S/C22H27N3O4S/c1-24(16-17-2-8-20(9-3-17)25-12-14-29-15-13-25)22(26)18-4-10-21(11-5-18)30(27,28)23-19-6-7-19/h2-5,8-11,19,23H,6-7,12-16H2,1H3. The van der Waals surface area contributed by atoms with Gasteiger partial charge in [-0.25, -0.2) is 13.1 Å². The number of carbonyl (C=O) groups excluding carboxylic acids is 1. The summed E-state index contributed by atoms with van der Waals surface area (Å²) in [6, 6.07) is 14.4. The van der Waals surface area contributed by atoms with Crippen LogP contribution in [-0.2, 0) is 21.3 Å². The maximum Gasteiger partial charge on any atom is 0.253 e. The van der Waals surface area contributed by atoms with Crippen LogP contribution in [0.15, 0.2) is 53.4 Å². The van der Waals surface area contributed by atoms with E-state index in [1.807, 2.05) is 12.1 Å². The summed E-state index contributed by atoms with van der Waals surface area (Å²) < 4.78 is 32.6. The van der Waals surface area contributed by atoms with Gasteiger partial charge in [-0.05, 0) is 54.8 Å². The molecule has 2 aromatic rings. The molecule has 4 rings (SSSR count). The van der Waals surface area contributed by atoms with Gasteiger partial charge in [-0.3, -0.25) is 4.79 Å². The van der Waals surface area contributed by atoms with Gasteiger partial charge >= 0.3 is 0 Å². The van der Waals surface area contributed by atoms with E-state index in [1.54, 1.807) is 24.1 Å². The number of sulfonamides is 1. The Hall–Kier alpha value is -2.42. The molecule has 2 fully saturated rings. The zero-order chi connectivity index (χ0) is 21.1. The summed E-state index contributed by atoms with van der Waals surface area (Å²) in [4.78, 5) is 16.9. The Kier molecular flexibility index (Phi) is 6.08. The van der Waals surface area contributed by atoms with Gasteiger partial charge in [0.15, 0.2) is 0 Å². The topological polar surface area (TPSA) is 79.0 Å². The number of anilines is 1. The fraction of sp³-hybridized carbons (Fsp3) is 0.409. The summed E-state index contributed by atoms with van der Waals surface area (Å²) in [6.45, 7) is 3.75. The molecule has 0 spiro atoms. The Bertz CT molecular complexity index is 980. The number of amides is 1. The van der Waals surface area contributed by atoms with Crippen LogP contribution in [-0.4, -0.2) is 58.6 Å². The Morgan fingerprint density at radius 2 is 1.70 bits per heavy atom. The second kappa shape index (κ2) is 8.75. The lowest BCUT2D eigenvalue weighted by Crippen LogP contribution is -2.36. The van der Waals surface area contributed by atoms with E-state index in [-0.39, 0.29) is 16.8 Å². The highest BCUT2D eigenvalue weighted by Crippen LogP contribution is 2.23. The lowest BCUT2D eigenvalue weighted by molar-refractivity contribution is 0.0785. The SMILES string of the molecule is CN(Cc1ccc(N2CCOCC2)cc1)C(=O)c1ccc(S(=O)(=O)NC2CC2)cc1. The van der Waals surface area contributed by atoms with Gasteiger partial charge in [-0.15, -0.1) is 0 Å². The van der Waals surface area contributed by atoms with Crippen LogP contribution in [0.2, 0.25) is 0 Å². The fourth-order valence-corrected chi connectivity index (χ4v) is 4.77. The van der Waals surface area contributed by atoms with Crippen molar-refractivity contribution in [2.75, 3.05) is 38.3 Å². The Morgan fingerprint density at radius 3 is 2.30 bits per heavy atom. The van der Waals surface area contributed by atoms with Gasteiger partial charge in [-0.1, -0.05) is 12.1 Å². The van der Waals surface area contributed by atoms with Crippen molar-refractivity contribution >= 4 is 21.6 Å². The third-order valence-electron chi connectivity index (χ3n) is 5.39. The number of carbonyl (C=O) groups is 1. The van der Waals surface area contributed by atoms with E-state index in [1.165, 1.54) is 12.1 Å². The molecule has 0 unspecified atom stereocenters. The van der Waals surface area contributed by atoms with Gasteiger partial charge < -0.3 is 14.5 Å². The third kappa shape index (κ3) is 5.00. The van der Waals surface area contributed by atoms with E-state index in [0.29, 0.717) is 12.1 Å². The molecule has 160 valence electrons. The van der Waals surface area contributed by atoms with Crippen molar-refractivity contribution in [1.29, 1.82) is 0 Å². The summed E-state index contributed by atoms with van der Waals surface area (Å²) in [5, 5.41) is 0. The molecular weight excluding hydrogens is 402 g/mol. The Morgan fingerprint density at radius 1 is 1.07 bits per heavy atom. The molecule has 0 bridgehead atoms. The highest BCUT2D eigenvalue weighted by molar-refractivity contribution is 7.89. The molecular formula is C22H27N3O4S. The van der Waals surface area contributed by atoms with Gasteiger partial charge in [0.25, 0.3) is 5.91 Å². The molecule has 1 saturated heterocycles. The molecule has 1 heterocycles. The van der Waals surface area contributed by atoms with E-state index >= 15 is 0 Å². The lowest BCUT2D eigenvalue weighted by atomic mass is 10.1. The quantitative estimate of drug-likeness (QED) is 0.730. The predicted octanol–water partition coefficient (Wildman–Crippen LogP) is 2.24. The van der Waals surface area contributed by atoms with Crippen molar-refractivity contribution in [1.82, 2.24) is 9.62 Å². The van der Waals surface area contributed by atoms with Crippen molar-refractivity contribution in [2.24, 2.45) is 0 Å². The van der Waals surface area contributed by atoms with Crippen LogP contribution < -0.4 is 9.62 Å². The molecule has 0 atom stereocenters. The number of hydrogen-bond acceptors (Lipinski definition) is 5. The minimum atomic E-state index is -3.51. The van der Waals surface area contributed by atoms with Crippen molar-refractivity contribution in [2.45, 2.75) is 30.3 Å². The van der Waals surface area contributed by atoms with E-state index in [0.717, 1.165) is 50.4 Å². The minimum absolute atomic E-state index is 0.0528. The molecule has 30 heavy (non-hydrogen) atoms. The van der Waals surface area contributed by atoms with Crippen LogP contribution in [0.25, 0.3) is 0 Å². The highest BCUT2D eigenvalue weighted by Gasteiger charge is 2.28. The average Bonchev–Trinajstić information content (AvgIpc) is 3.58. The van der Waals surface area contributed by atoms with Crippen LogP contribution >= 0.6 is 0 Å². The van der Waals surface area contributed by atoms with Gasteiger partial charge in [0, 0.05) is 44.0 Å². The van der Waals surface area contributed by atoms with Gasteiger partial charge in [0.1, 0.15) is 0 Å². The third-order valence-corrected chi connectivity index (χ3v) is 6.93. The number of rotatable bonds is 7. The first-order valence-corrected chi connectivity index (χ1v) is 11.7. The Labute approximate surface area is 177 Å². The van der Waals surface area contributed by atoms with Crippen molar-refractivity contribution in [3.63, 3.8) is 0 Å². The summed E-state index contributed by atoms with van der Waals surface area (Å²) in [7, 11) is -1.76. The molecule has 7 nitrogen and oxygen atoms in total. The zero-order valence-corrected chi connectivity index (χ0v) is 17.9. The maximum atomic E-state index is 12.8. The summed E-state index contributed by atoms with van der Waals surface area (Å²) in [6.07, 6.45) is 1.77. The van der Waals surface area contributed by atoms with E-state index in [9.17, 15) is 13.2 Å². The first kappa shape index (κ1) is 20.8. The van der Waals surface area contributed by atoms with Crippen LogP contribution in [0.3, 0.4) is 0 Å². The van der Waals surface area contributed by atoms with Crippen LogP contribution in [0.4, 0.5) is 5.69 Å². The zero-order valence-electron chi connectivity index (χ0n) is 17.1. The highest BCUT2D eigenvalue weighted by atomic mass is 32.2. The molecule has 2 aliphatic rings. The van der Waals surface area contributed by atoms with Gasteiger partial charge in [0.05, 0.1) is 18.1 Å². The van der Waals surface area contributed by atoms with Crippen molar-refractivity contribution < 1.29 is 17.9 Å². The largest absolute Gasteiger partial charge is 0.378 e. The second-order valence-corrected chi connectivity index (χ2v) is 9.56. The fourth-order valence-electron chi connectivity index (χ4n) is 3.47. The number of benzene rings is 2.